The molecule has 6 nitrogen and oxygen atoms in total. The fraction of sp³-hybridized carbons (Fsp3) is 0.385. The molecule has 0 bridgehead atoms. The smallest absolute Gasteiger partial charge is 0.265 e. The van der Waals surface area contributed by atoms with Crippen molar-refractivity contribution in [1.82, 2.24) is 9.88 Å². The quantitative estimate of drug-likeness (QED) is 0.913. The van der Waals surface area contributed by atoms with Crippen molar-refractivity contribution in [1.29, 1.82) is 0 Å². The number of sulfone groups is 1. The third kappa shape index (κ3) is 3.51. The van der Waals surface area contributed by atoms with Crippen molar-refractivity contribution in [2.75, 3.05) is 31.3 Å². The van der Waals surface area contributed by atoms with Gasteiger partial charge in [0.25, 0.3) is 5.91 Å². The highest BCUT2D eigenvalue weighted by molar-refractivity contribution is 7.90. The second kappa shape index (κ2) is 5.61. The number of nitrogens with two attached hydrogens (primary N) is 1. The molecule has 0 aliphatic heterocycles. The van der Waals surface area contributed by atoms with Crippen LogP contribution in [0.1, 0.15) is 15.4 Å². The van der Waals surface area contributed by atoms with Crippen molar-refractivity contribution >= 4 is 43.0 Å². The van der Waals surface area contributed by atoms with Gasteiger partial charge in [-0.25, -0.2) is 13.4 Å². The van der Waals surface area contributed by atoms with Crippen molar-refractivity contribution in [3.05, 3.63) is 22.7 Å². The number of anilines is 1. The molecule has 2 N–H and O–H groups in total. The molecule has 0 aromatic carbocycles. The average Bonchev–Trinajstić information content (AvgIpc) is 2.71. The first kappa shape index (κ1) is 15.7. The van der Waals surface area contributed by atoms with Crippen molar-refractivity contribution in [3.63, 3.8) is 0 Å². The molecule has 0 aliphatic carbocycles. The fourth-order valence-electron chi connectivity index (χ4n) is 1.83. The van der Waals surface area contributed by atoms with Gasteiger partial charge in [0.1, 0.15) is 19.5 Å². The van der Waals surface area contributed by atoms with Gasteiger partial charge in [-0.05, 0) is 19.1 Å². The molecule has 2 aromatic rings. The van der Waals surface area contributed by atoms with E-state index in [4.69, 9.17) is 5.73 Å². The minimum Gasteiger partial charge on any atom is -0.397 e. The topological polar surface area (TPSA) is 93.4 Å². The molecule has 2 rings (SSSR count). The molecule has 21 heavy (non-hydrogen) atoms. The summed E-state index contributed by atoms with van der Waals surface area (Å²) in [5, 5.41) is 0.755. The van der Waals surface area contributed by atoms with Gasteiger partial charge >= 0.3 is 0 Å². The summed E-state index contributed by atoms with van der Waals surface area (Å²) in [7, 11) is -1.54. The number of nitrogen functional groups attached to an aromatic ring is 1. The van der Waals surface area contributed by atoms with Crippen LogP contribution in [0.4, 0.5) is 5.69 Å². The zero-order valence-corrected chi connectivity index (χ0v) is 13.7. The molecule has 0 saturated carbocycles. The Bertz CT molecular complexity index is 796. The summed E-state index contributed by atoms with van der Waals surface area (Å²) in [6, 6.07) is 3.68. The minimum atomic E-state index is -3.11. The third-order valence-corrected chi connectivity index (χ3v) is 5.10. The molecule has 0 atom stereocenters. The Balaban J connectivity index is 2.29. The number of amides is 1. The van der Waals surface area contributed by atoms with E-state index in [2.05, 4.69) is 4.98 Å². The molecule has 2 heterocycles. The molecule has 0 unspecified atom stereocenters. The maximum absolute atomic E-state index is 12.4. The standard InChI is InChI=1S/C13H17N3O3S2/c1-8-4-5-9-10(14)11(20-12(9)15-8)13(17)16(2)6-7-21(3,18)19/h4-5H,6-7,14H2,1-3H3. The van der Waals surface area contributed by atoms with E-state index in [9.17, 15) is 13.2 Å². The summed E-state index contributed by atoms with van der Waals surface area (Å²) in [6.07, 6.45) is 1.14. The number of aromatic nitrogens is 1. The van der Waals surface area contributed by atoms with Gasteiger partial charge in [0.2, 0.25) is 0 Å². The van der Waals surface area contributed by atoms with Gasteiger partial charge in [0, 0.05) is 30.9 Å². The number of aryl methyl sites for hydroxylation is 1. The first-order valence-corrected chi connectivity index (χ1v) is 9.15. The van der Waals surface area contributed by atoms with Crippen molar-refractivity contribution in [3.8, 4) is 0 Å². The molecular weight excluding hydrogens is 310 g/mol. The van der Waals surface area contributed by atoms with Gasteiger partial charge in [-0.15, -0.1) is 11.3 Å². The molecule has 0 radical (unpaired) electrons. The van der Waals surface area contributed by atoms with Gasteiger partial charge in [0.05, 0.1) is 11.4 Å². The maximum Gasteiger partial charge on any atom is 0.265 e. The van der Waals surface area contributed by atoms with E-state index in [1.54, 1.807) is 7.05 Å². The largest absolute Gasteiger partial charge is 0.397 e. The van der Waals surface area contributed by atoms with Crippen LogP contribution in [0, 0.1) is 6.92 Å². The fourth-order valence-corrected chi connectivity index (χ4v) is 3.57. The SMILES string of the molecule is Cc1ccc2c(N)c(C(=O)N(C)CCS(C)(=O)=O)sc2n1. The zero-order valence-electron chi connectivity index (χ0n) is 12.1. The van der Waals surface area contributed by atoms with Crippen LogP contribution in [-0.4, -0.2) is 49.8 Å². The molecule has 8 heteroatoms. The molecular formula is C13H17N3O3S2. The highest BCUT2D eigenvalue weighted by Crippen LogP contribution is 2.33. The zero-order chi connectivity index (χ0) is 15.8. The Morgan fingerprint density at radius 1 is 1.43 bits per heavy atom. The normalized spacial score (nSPS) is 11.8. The number of rotatable bonds is 4. The Morgan fingerprint density at radius 2 is 2.10 bits per heavy atom. The summed E-state index contributed by atoms with van der Waals surface area (Å²) >= 11 is 1.23. The lowest BCUT2D eigenvalue weighted by molar-refractivity contribution is 0.0809. The number of hydrogen-bond donors (Lipinski definition) is 1. The number of carbonyl (C=O) groups excluding carboxylic acids is 1. The van der Waals surface area contributed by atoms with E-state index < -0.39 is 9.84 Å². The van der Waals surface area contributed by atoms with Gasteiger partial charge in [-0.2, -0.15) is 0 Å². The Labute approximate surface area is 127 Å². The molecule has 114 valence electrons. The minimum absolute atomic E-state index is 0.0720. The Morgan fingerprint density at radius 3 is 2.71 bits per heavy atom. The Hall–Kier alpha value is -1.67. The number of hydrogen-bond acceptors (Lipinski definition) is 6. The molecule has 0 saturated heterocycles. The summed E-state index contributed by atoms with van der Waals surface area (Å²) < 4.78 is 22.3. The number of fused-ring (bicyclic) bond motifs is 1. The molecule has 1 amide bonds. The van der Waals surface area contributed by atoms with Crippen molar-refractivity contribution in [2.45, 2.75) is 6.92 Å². The first-order valence-electron chi connectivity index (χ1n) is 6.28. The monoisotopic (exact) mass is 327 g/mol. The van der Waals surface area contributed by atoms with Crippen LogP contribution in [-0.2, 0) is 9.84 Å². The molecule has 0 spiro atoms. The van der Waals surface area contributed by atoms with E-state index in [0.717, 1.165) is 17.3 Å². The van der Waals surface area contributed by atoms with Crippen LogP contribution in [0.5, 0.6) is 0 Å². The van der Waals surface area contributed by atoms with E-state index in [-0.39, 0.29) is 18.2 Å². The van der Waals surface area contributed by atoms with E-state index in [0.29, 0.717) is 15.4 Å². The number of pyridine rings is 1. The number of carbonyl (C=O) groups is 1. The van der Waals surface area contributed by atoms with Gasteiger partial charge < -0.3 is 10.6 Å². The van der Waals surface area contributed by atoms with Gasteiger partial charge in [0.15, 0.2) is 0 Å². The summed E-state index contributed by atoms with van der Waals surface area (Å²) in [5.41, 5.74) is 7.27. The summed E-state index contributed by atoms with van der Waals surface area (Å²) in [4.78, 5) is 19.2. The number of nitrogens with zero attached hydrogens (tertiary/aromatic N) is 2. The lowest BCUT2D eigenvalue weighted by Gasteiger charge is -2.15. The molecule has 0 fully saturated rings. The highest BCUT2D eigenvalue weighted by atomic mass is 32.2. The van der Waals surface area contributed by atoms with E-state index >= 15 is 0 Å². The summed E-state index contributed by atoms with van der Waals surface area (Å²) in [5.74, 6) is -0.353. The predicted molar refractivity (Wildman–Crippen MR) is 85.4 cm³/mol. The first-order chi connectivity index (χ1) is 9.69. The Kier molecular flexibility index (Phi) is 4.20. The van der Waals surface area contributed by atoms with Crippen molar-refractivity contribution in [2.24, 2.45) is 0 Å². The number of thiophene rings is 1. The molecule has 2 aromatic heterocycles. The van der Waals surface area contributed by atoms with E-state index in [1.807, 2.05) is 19.1 Å². The maximum atomic E-state index is 12.4. The third-order valence-electron chi connectivity index (χ3n) is 3.07. The van der Waals surface area contributed by atoms with Gasteiger partial charge in [-0.3, -0.25) is 4.79 Å². The second-order valence-corrected chi connectivity index (χ2v) is 8.27. The van der Waals surface area contributed by atoms with Crippen LogP contribution in [0.15, 0.2) is 12.1 Å². The lowest BCUT2D eigenvalue weighted by atomic mass is 10.2. The van der Waals surface area contributed by atoms with Crippen molar-refractivity contribution < 1.29 is 13.2 Å². The lowest BCUT2D eigenvalue weighted by Crippen LogP contribution is -2.31. The highest BCUT2D eigenvalue weighted by Gasteiger charge is 2.21. The predicted octanol–water partition coefficient (Wildman–Crippen LogP) is 1.30. The van der Waals surface area contributed by atoms with Crippen LogP contribution >= 0.6 is 11.3 Å². The van der Waals surface area contributed by atoms with Crippen LogP contribution in [0.25, 0.3) is 10.2 Å². The van der Waals surface area contributed by atoms with Crippen LogP contribution in [0.3, 0.4) is 0 Å². The second-order valence-electron chi connectivity index (χ2n) is 5.01. The van der Waals surface area contributed by atoms with Crippen LogP contribution < -0.4 is 5.73 Å². The van der Waals surface area contributed by atoms with E-state index in [1.165, 1.54) is 16.2 Å². The van der Waals surface area contributed by atoms with Crippen LogP contribution in [0.2, 0.25) is 0 Å². The van der Waals surface area contributed by atoms with Gasteiger partial charge in [-0.1, -0.05) is 0 Å². The average molecular weight is 327 g/mol. The summed E-state index contributed by atoms with van der Waals surface area (Å²) in [6.45, 7) is 2.01. The molecule has 0 aliphatic rings.